The zero-order valence-corrected chi connectivity index (χ0v) is 20.0. The quantitative estimate of drug-likeness (QED) is 0.496. The number of likely N-dealkylation sites (tertiary alicyclic amines) is 1. The molecule has 33 heavy (non-hydrogen) atoms. The van der Waals surface area contributed by atoms with Crippen molar-refractivity contribution in [2.45, 2.75) is 58.2 Å². The van der Waals surface area contributed by atoms with E-state index in [1.807, 2.05) is 56.3 Å². The van der Waals surface area contributed by atoms with Gasteiger partial charge in [-0.2, -0.15) is 0 Å². The van der Waals surface area contributed by atoms with Crippen LogP contribution in [0.15, 0.2) is 42.5 Å². The summed E-state index contributed by atoms with van der Waals surface area (Å²) in [5.41, 5.74) is 0.976. The molecule has 1 aromatic carbocycles. The van der Waals surface area contributed by atoms with Gasteiger partial charge < -0.3 is 20.6 Å². The van der Waals surface area contributed by atoms with Crippen molar-refractivity contribution in [3.63, 3.8) is 0 Å². The molecule has 0 radical (unpaired) electrons. The fourth-order valence-electron chi connectivity index (χ4n) is 5.48. The molecule has 1 aromatic rings. The lowest BCUT2D eigenvalue weighted by atomic mass is 9.68. The summed E-state index contributed by atoms with van der Waals surface area (Å²) in [6.07, 6.45) is 6.09. The third-order valence-electron chi connectivity index (χ3n) is 6.84. The zero-order chi connectivity index (χ0) is 24.1. The van der Waals surface area contributed by atoms with Crippen molar-refractivity contribution in [3.8, 4) is 0 Å². The van der Waals surface area contributed by atoms with Gasteiger partial charge >= 0.3 is 0 Å². The van der Waals surface area contributed by atoms with Gasteiger partial charge in [0.15, 0.2) is 0 Å². The van der Waals surface area contributed by atoms with Crippen LogP contribution in [0.25, 0.3) is 0 Å². The SMILES string of the molecule is CCC[C@@H]1C=C[C@H]2[C@H](C(=O)N([C@@H](CO)Cc3ccccc3)[C@@H]2C(=O)NC(C)C)[C@@H]1C(=O)NC. The highest BCUT2D eigenvalue weighted by Gasteiger charge is 2.58. The minimum absolute atomic E-state index is 0.0596. The smallest absolute Gasteiger partial charge is 0.243 e. The van der Waals surface area contributed by atoms with Gasteiger partial charge in [0.05, 0.1) is 24.5 Å². The fourth-order valence-corrected chi connectivity index (χ4v) is 5.48. The van der Waals surface area contributed by atoms with E-state index >= 15 is 0 Å². The number of rotatable bonds is 9. The van der Waals surface area contributed by atoms with Crippen molar-refractivity contribution < 1.29 is 19.5 Å². The predicted molar refractivity (Wildman–Crippen MR) is 127 cm³/mol. The second kappa shape index (κ2) is 11.0. The molecule has 1 aliphatic heterocycles. The highest BCUT2D eigenvalue weighted by molar-refractivity contribution is 5.97. The number of hydrogen-bond donors (Lipinski definition) is 3. The molecule has 3 N–H and O–H groups in total. The van der Waals surface area contributed by atoms with E-state index in [1.165, 1.54) is 0 Å². The number of carbonyl (C=O) groups excluding carboxylic acids is 3. The average molecular weight is 456 g/mol. The first-order valence-corrected chi connectivity index (χ1v) is 12.0. The number of nitrogens with one attached hydrogen (secondary N) is 2. The first-order chi connectivity index (χ1) is 15.8. The second-order valence-corrected chi connectivity index (χ2v) is 9.46. The summed E-state index contributed by atoms with van der Waals surface area (Å²) in [7, 11) is 1.59. The van der Waals surface area contributed by atoms with Crippen LogP contribution in [0.5, 0.6) is 0 Å². The molecule has 1 heterocycles. The monoisotopic (exact) mass is 455 g/mol. The highest BCUT2D eigenvalue weighted by Crippen LogP contribution is 2.46. The molecule has 0 saturated carbocycles. The summed E-state index contributed by atoms with van der Waals surface area (Å²) >= 11 is 0. The van der Waals surface area contributed by atoms with Crippen molar-refractivity contribution in [1.29, 1.82) is 0 Å². The maximum absolute atomic E-state index is 13.9. The van der Waals surface area contributed by atoms with Gasteiger partial charge in [0.25, 0.3) is 0 Å². The number of carbonyl (C=O) groups is 3. The molecule has 180 valence electrons. The second-order valence-electron chi connectivity index (χ2n) is 9.46. The van der Waals surface area contributed by atoms with E-state index in [2.05, 4.69) is 17.6 Å². The first-order valence-electron chi connectivity index (χ1n) is 12.0. The number of fused-ring (bicyclic) bond motifs is 1. The molecule has 1 saturated heterocycles. The summed E-state index contributed by atoms with van der Waals surface area (Å²) in [5.74, 6) is -2.28. The van der Waals surface area contributed by atoms with E-state index < -0.39 is 29.8 Å². The number of benzene rings is 1. The van der Waals surface area contributed by atoms with Gasteiger partial charge in [-0.3, -0.25) is 14.4 Å². The van der Waals surface area contributed by atoms with Crippen molar-refractivity contribution >= 4 is 17.7 Å². The van der Waals surface area contributed by atoms with Crippen LogP contribution in [0.4, 0.5) is 0 Å². The molecule has 0 unspecified atom stereocenters. The molecule has 6 atom stereocenters. The Balaban J connectivity index is 2.04. The van der Waals surface area contributed by atoms with Crippen LogP contribution in [0.1, 0.15) is 39.2 Å². The minimum atomic E-state index is -0.767. The van der Waals surface area contributed by atoms with Gasteiger partial charge in [-0.15, -0.1) is 0 Å². The molecule has 0 spiro atoms. The lowest BCUT2D eigenvalue weighted by Gasteiger charge is -2.34. The zero-order valence-electron chi connectivity index (χ0n) is 20.0. The van der Waals surface area contributed by atoms with Crippen molar-refractivity contribution in [3.05, 3.63) is 48.0 Å². The van der Waals surface area contributed by atoms with Crippen molar-refractivity contribution in [2.75, 3.05) is 13.7 Å². The summed E-state index contributed by atoms with van der Waals surface area (Å²) in [6.45, 7) is 5.55. The van der Waals surface area contributed by atoms with Gasteiger partial charge in [-0.25, -0.2) is 0 Å². The normalized spacial score (nSPS) is 27.4. The Kier molecular flexibility index (Phi) is 8.30. The number of allylic oxidation sites excluding steroid dienone is 1. The van der Waals surface area contributed by atoms with Crippen LogP contribution in [0.3, 0.4) is 0 Å². The first kappa shape index (κ1) is 25.0. The van der Waals surface area contributed by atoms with Crippen LogP contribution in [-0.2, 0) is 20.8 Å². The van der Waals surface area contributed by atoms with E-state index in [4.69, 9.17) is 0 Å². The van der Waals surface area contributed by atoms with Gasteiger partial charge in [0.1, 0.15) is 6.04 Å². The van der Waals surface area contributed by atoms with Gasteiger partial charge in [-0.1, -0.05) is 55.8 Å². The Morgan fingerprint density at radius 1 is 1.12 bits per heavy atom. The van der Waals surface area contributed by atoms with Crippen LogP contribution in [-0.4, -0.2) is 59.5 Å². The van der Waals surface area contributed by atoms with Gasteiger partial charge in [-0.05, 0) is 38.2 Å². The molecule has 7 heteroatoms. The van der Waals surface area contributed by atoms with E-state index in [0.717, 1.165) is 18.4 Å². The molecular weight excluding hydrogens is 418 g/mol. The summed E-state index contributed by atoms with van der Waals surface area (Å²) in [4.78, 5) is 41.8. The van der Waals surface area contributed by atoms with E-state index in [9.17, 15) is 19.5 Å². The van der Waals surface area contributed by atoms with Gasteiger partial charge in [0, 0.05) is 19.0 Å². The van der Waals surface area contributed by atoms with E-state index in [0.29, 0.717) is 6.42 Å². The minimum Gasteiger partial charge on any atom is -0.394 e. The molecular formula is C26H37N3O4. The molecule has 3 amide bonds. The standard InChI is InChI=1S/C26H37N3O4/c1-5-9-18-12-13-20-22(21(18)24(31)27-4)26(33)29(23(20)25(32)28-16(2)3)19(15-30)14-17-10-7-6-8-11-17/h6-8,10-13,16,18-23,30H,5,9,14-15H2,1-4H3,(H,27,31)(H,28,32)/t18-,19-,20+,21-,22+,23+/m1/s1. The van der Waals surface area contributed by atoms with E-state index in [1.54, 1.807) is 11.9 Å². The van der Waals surface area contributed by atoms with Crippen LogP contribution < -0.4 is 10.6 Å². The predicted octanol–water partition coefficient (Wildman–Crippen LogP) is 1.91. The lowest BCUT2D eigenvalue weighted by molar-refractivity contribution is -0.143. The molecule has 3 rings (SSSR count). The Labute approximate surface area is 196 Å². The molecule has 2 aliphatic rings. The number of hydrogen-bond acceptors (Lipinski definition) is 4. The Morgan fingerprint density at radius 3 is 2.39 bits per heavy atom. The highest BCUT2D eigenvalue weighted by atomic mass is 16.3. The fraction of sp³-hybridized carbons (Fsp3) is 0.577. The Bertz CT molecular complexity index is 870. The molecule has 0 bridgehead atoms. The van der Waals surface area contributed by atoms with Crippen LogP contribution in [0, 0.1) is 23.7 Å². The summed E-state index contributed by atoms with van der Waals surface area (Å²) in [6, 6.07) is 8.22. The van der Waals surface area contributed by atoms with Gasteiger partial charge in [0.2, 0.25) is 17.7 Å². The molecule has 7 nitrogen and oxygen atoms in total. The molecule has 1 aliphatic carbocycles. The maximum atomic E-state index is 13.9. The molecule has 0 aromatic heterocycles. The van der Waals surface area contributed by atoms with E-state index in [-0.39, 0.29) is 36.3 Å². The number of amides is 3. The largest absolute Gasteiger partial charge is 0.394 e. The van der Waals surface area contributed by atoms with Crippen molar-refractivity contribution in [1.82, 2.24) is 15.5 Å². The van der Waals surface area contributed by atoms with Crippen molar-refractivity contribution in [2.24, 2.45) is 23.7 Å². The summed E-state index contributed by atoms with van der Waals surface area (Å²) < 4.78 is 0. The topological polar surface area (TPSA) is 98.7 Å². The Morgan fingerprint density at radius 2 is 1.82 bits per heavy atom. The number of nitrogens with zero attached hydrogens (tertiary/aromatic N) is 1. The third-order valence-corrected chi connectivity index (χ3v) is 6.84. The third kappa shape index (κ3) is 5.13. The number of aliphatic hydroxyl groups is 1. The lowest BCUT2D eigenvalue weighted by Crippen LogP contribution is -2.54. The number of aliphatic hydroxyl groups excluding tert-OH is 1. The van der Waals surface area contributed by atoms with Crippen LogP contribution >= 0.6 is 0 Å². The maximum Gasteiger partial charge on any atom is 0.243 e. The molecule has 1 fully saturated rings. The summed E-state index contributed by atoms with van der Waals surface area (Å²) in [5, 5.41) is 16.0. The average Bonchev–Trinajstić information content (AvgIpc) is 3.09. The Hall–Kier alpha value is -2.67. The van der Waals surface area contributed by atoms with Crippen LogP contribution in [0.2, 0.25) is 0 Å².